The number of hydrogen-bond donors (Lipinski definition) is 1. The van der Waals surface area contributed by atoms with E-state index < -0.39 is 5.97 Å². The van der Waals surface area contributed by atoms with E-state index in [1.807, 2.05) is 37.3 Å². The average Bonchev–Trinajstić information content (AvgIpc) is 2.45. The molecule has 1 N–H and O–H groups in total. The van der Waals surface area contributed by atoms with Crippen LogP contribution >= 0.6 is 0 Å². The summed E-state index contributed by atoms with van der Waals surface area (Å²) in [5, 5.41) is 8.65. The summed E-state index contributed by atoms with van der Waals surface area (Å²) in [7, 11) is 0. The van der Waals surface area contributed by atoms with E-state index in [0.29, 0.717) is 0 Å². The molecule has 2 aromatic rings. The molecule has 0 heterocycles. The highest BCUT2D eigenvalue weighted by molar-refractivity contribution is 5.85. The molecule has 2 rings (SSSR count). The van der Waals surface area contributed by atoms with Gasteiger partial charge in [-0.2, -0.15) is 0 Å². The lowest BCUT2D eigenvalue weighted by atomic mass is 9.86. The molecule has 2 aromatic carbocycles. The molecular weight excluding hydrogens is 288 g/mol. The molecule has 3 heteroatoms. The van der Waals surface area contributed by atoms with Gasteiger partial charge in [0.15, 0.2) is 0 Å². The standard InChI is InChI=1S/C20H22O3/c1-14-5-11-17(20(2,3)4)18(13-14)23-16-9-6-15(7-10-16)8-12-19(21)22/h5-13H,1-4H3,(H,21,22). The minimum atomic E-state index is -0.958. The van der Waals surface area contributed by atoms with Crippen LogP contribution in [-0.2, 0) is 10.2 Å². The molecule has 0 saturated carbocycles. The Labute approximate surface area is 137 Å². The summed E-state index contributed by atoms with van der Waals surface area (Å²) in [4.78, 5) is 10.5. The van der Waals surface area contributed by atoms with Crippen molar-refractivity contribution in [1.29, 1.82) is 0 Å². The highest BCUT2D eigenvalue weighted by atomic mass is 16.5. The van der Waals surface area contributed by atoms with Crippen LogP contribution in [0.5, 0.6) is 11.5 Å². The van der Waals surface area contributed by atoms with E-state index >= 15 is 0 Å². The maximum absolute atomic E-state index is 10.5. The summed E-state index contributed by atoms with van der Waals surface area (Å²) >= 11 is 0. The fourth-order valence-corrected chi connectivity index (χ4v) is 2.28. The van der Waals surface area contributed by atoms with Crippen molar-refractivity contribution >= 4 is 12.0 Å². The number of ether oxygens (including phenoxy) is 1. The van der Waals surface area contributed by atoms with Crippen molar-refractivity contribution in [3.63, 3.8) is 0 Å². The molecular formula is C20H22O3. The molecule has 0 aliphatic heterocycles. The van der Waals surface area contributed by atoms with Crippen LogP contribution in [0.3, 0.4) is 0 Å². The van der Waals surface area contributed by atoms with E-state index in [9.17, 15) is 4.79 Å². The second-order valence-corrected chi connectivity index (χ2v) is 6.59. The molecule has 0 amide bonds. The molecule has 120 valence electrons. The molecule has 0 aliphatic rings. The first-order chi connectivity index (χ1) is 10.8. The van der Waals surface area contributed by atoms with Gasteiger partial charge in [-0.3, -0.25) is 0 Å². The average molecular weight is 310 g/mol. The maximum atomic E-state index is 10.5. The Hall–Kier alpha value is -2.55. The van der Waals surface area contributed by atoms with Crippen LogP contribution in [0.1, 0.15) is 37.5 Å². The Morgan fingerprint density at radius 3 is 2.30 bits per heavy atom. The predicted molar refractivity (Wildman–Crippen MR) is 93.1 cm³/mol. The third-order valence-corrected chi connectivity index (χ3v) is 3.47. The van der Waals surface area contributed by atoms with Crippen LogP contribution in [-0.4, -0.2) is 11.1 Å². The zero-order chi connectivity index (χ0) is 17.0. The summed E-state index contributed by atoms with van der Waals surface area (Å²) in [5.41, 5.74) is 3.11. The molecule has 0 saturated heterocycles. The fraction of sp³-hybridized carbons (Fsp3) is 0.250. The first kappa shape index (κ1) is 16.8. The van der Waals surface area contributed by atoms with Gasteiger partial charge in [-0.15, -0.1) is 0 Å². The van der Waals surface area contributed by atoms with Crippen molar-refractivity contribution in [2.24, 2.45) is 0 Å². The van der Waals surface area contributed by atoms with Gasteiger partial charge in [-0.25, -0.2) is 4.79 Å². The van der Waals surface area contributed by atoms with E-state index in [1.54, 1.807) is 6.08 Å². The predicted octanol–water partition coefficient (Wildman–Crippen LogP) is 5.18. The molecule has 0 aromatic heterocycles. The lowest BCUT2D eigenvalue weighted by Gasteiger charge is -2.23. The van der Waals surface area contributed by atoms with Crippen LogP contribution < -0.4 is 4.74 Å². The second kappa shape index (κ2) is 6.69. The smallest absolute Gasteiger partial charge is 0.328 e. The van der Waals surface area contributed by atoms with Gasteiger partial charge < -0.3 is 9.84 Å². The minimum absolute atomic E-state index is 0.00675. The lowest BCUT2D eigenvalue weighted by Crippen LogP contribution is -2.12. The van der Waals surface area contributed by atoms with E-state index in [1.165, 1.54) is 0 Å². The van der Waals surface area contributed by atoms with Crippen LogP contribution in [0.2, 0.25) is 0 Å². The summed E-state index contributed by atoms with van der Waals surface area (Å²) in [6, 6.07) is 13.6. The molecule has 0 spiro atoms. The monoisotopic (exact) mass is 310 g/mol. The second-order valence-electron chi connectivity index (χ2n) is 6.59. The maximum Gasteiger partial charge on any atom is 0.328 e. The number of aliphatic carboxylic acids is 1. The first-order valence-corrected chi connectivity index (χ1v) is 7.56. The topological polar surface area (TPSA) is 46.5 Å². The molecule has 23 heavy (non-hydrogen) atoms. The number of carboxylic acid groups (broad SMARTS) is 1. The normalized spacial score (nSPS) is 11.7. The van der Waals surface area contributed by atoms with Crippen LogP contribution in [0, 0.1) is 6.92 Å². The highest BCUT2D eigenvalue weighted by Crippen LogP contribution is 2.34. The summed E-state index contributed by atoms with van der Waals surface area (Å²) in [6.45, 7) is 8.51. The SMILES string of the molecule is Cc1ccc(C(C)(C)C)c(Oc2ccc(C=CC(=O)O)cc2)c1. The van der Waals surface area contributed by atoms with E-state index in [2.05, 4.69) is 32.9 Å². The molecule has 0 radical (unpaired) electrons. The third kappa shape index (κ3) is 4.71. The van der Waals surface area contributed by atoms with Crippen molar-refractivity contribution in [2.75, 3.05) is 0 Å². The zero-order valence-electron chi connectivity index (χ0n) is 14.0. The Morgan fingerprint density at radius 1 is 1.09 bits per heavy atom. The third-order valence-electron chi connectivity index (χ3n) is 3.47. The Kier molecular flexibility index (Phi) is 4.89. The fourth-order valence-electron chi connectivity index (χ4n) is 2.28. The largest absolute Gasteiger partial charge is 0.478 e. The number of benzene rings is 2. The molecule has 0 fully saturated rings. The van der Waals surface area contributed by atoms with Gasteiger partial charge >= 0.3 is 5.97 Å². The van der Waals surface area contributed by atoms with Gasteiger partial charge in [0, 0.05) is 11.6 Å². The molecule has 0 unspecified atom stereocenters. The summed E-state index contributed by atoms with van der Waals surface area (Å²) in [5.74, 6) is 0.625. The highest BCUT2D eigenvalue weighted by Gasteiger charge is 2.19. The van der Waals surface area contributed by atoms with Crippen LogP contribution in [0.15, 0.2) is 48.5 Å². The van der Waals surface area contributed by atoms with Gasteiger partial charge in [0.1, 0.15) is 11.5 Å². The van der Waals surface area contributed by atoms with Gasteiger partial charge in [-0.1, -0.05) is 45.0 Å². The number of aryl methyl sites for hydroxylation is 1. The Morgan fingerprint density at radius 2 is 1.74 bits per heavy atom. The van der Waals surface area contributed by atoms with E-state index in [4.69, 9.17) is 9.84 Å². The van der Waals surface area contributed by atoms with Gasteiger partial charge in [-0.05, 0) is 47.7 Å². The molecule has 0 atom stereocenters. The van der Waals surface area contributed by atoms with E-state index in [-0.39, 0.29) is 5.41 Å². The van der Waals surface area contributed by atoms with Crippen LogP contribution in [0.4, 0.5) is 0 Å². The van der Waals surface area contributed by atoms with Crippen LogP contribution in [0.25, 0.3) is 6.08 Å². The molecule has 0 aliphatic carbocycles. The van der Waals surface area contributed by atoms with Gasteiger partial charge in [0.05, 0.1) is 0 Å². The zero-order valence-corrected chi connectivity index (χ0v) is 14.0. The Bertz CT molecular complexity index is 720. The molecule has 0 bridgehead atoms. The molecule has 3 nitrogen and oxygen atoms in total. The lowest BCUT2D eigenvalue weighted by molar-refractivity contribution is -0.131. The number of carboxylic acids is 1. The minimum Gasteiger partial charge on any atom is -0.478 e. The van der Waals surface area contributed by atoms with Gasteiger partial charge in [0.25, 0.3) is 0 Å². The summed E-state index contributed by atoms with van der Waals surface area (Å²) in [6.07, 6.45) is 2.67. The van der Waals surface area contributed by atoms with Crippen molar-refractivity contribution in [3.8, 4) is 11.5 Å². The van der Waals surface area contributed by atoms with Crippen molar-refractivity contribution in [1.82, 2.24) is 0 Å². The van der Waals surface area contributed by atoms with Gasteiger partial charge in [0.2, 0.25) is 0 Å². The number of rotatable bonds is 4. The summed E-state index contributed by atoms with van der Waals surface area (Å²) < 4.78 is 6.06. The first-order valence-electron chi connectivity index (χ1n) is 7.56. The number of carbonyl (C=O) groups is 1. The van der Waals surface area contributed by atoms with Crippen molar-refractivity contribution < 1.29 is 14.6 Å². The van der Waals surface area contributed by atoms with Crippen molar-refractivity contribution in [3.05, 3.63) is 65.2 Å². The van der Waals surface area contributed by atoms with Crippen molar-refractivity contribution in [2.45, 2.75) is 33.1 Å². The quantitative estimate of drug-likeness (QED) is 0.791. The van der Waals surface area contributed by atoms with E-state index in [0.717, 1.165) is 34.3 Å². The number of hydrogen-bond acceptors (Lipinski definition) is 2. The Balaban J connectivity index is 2.26.